The Bertz CT molecular complexity index is 293. The number of nitrogens with zero attached hydrogens (tertiary/aromatic N) is 1. The van der Waals surface area contributed by atoms with Gasteiger partial charge < -0.3 is 15.5 Å². The van der Waals surface area contributed by atoms with E-state index in [1.165, 1.54) is 45.2 Å². The van der Waals surface area contributed by atoms with E-state index in [0.717, 1.165) is 32.1 Å². The van der Waals surface area contributed by atoms with Gasteiger partial charge >= 0.3 is 0 Å². The first-order valence-electron chi connectivity index (χ1n) is 8.45. The predicted octanol–water partition coefficient (Wildman–Crippen LogP) is 2.46. The molecule has 2 aliphatic heterocycles. The molecule has 4 nitrogen and oxygen atoms in total. The van der Waals surface area contributed by atoms with Crippen LogP contribution in [-0.4, -0.2) is 50.1 Å². The third kappa shape index (κ3) is 8.00. The van der Waals surface area contributed by atoms with Crippen molar-refractivity contribution < 1.29 is 4.79 Å². The lowest BCUT2D eigenvalue weighted by atomic mass is 9.84. The van der Waals surface area contributed by atoms with Crippen molar-refractivity contribution in [1.82, 2.24) is 15.5 Å². The normalized spacial score (nSPS) is 21.3. The summed E-state index contributed by atoms with van der Waals surface area (Å²) in [7, 11) is 0. The lowest BCUT2D eigenvalue weighted by Gasteiger charge is -2.28. The second-order valence-electron chi connectivity index (χ2n) is 6.52. The third-order valence-corrected chi connectivity index (χ3v) is 4.89. The largest absolute Gasteiger partial charge is 0.355 e. The van der Waals surface area contributed by atoms with Crippen LogP contribution < -0.4 is 10.6 Å². The molecule has 132 valence electrons. The van der Waals surface area contributed by atoms with Gasteiger partial charge in [0, 0.05) is 19.5 Å². The highest BCUT2D eigenvalue weighted by Crippen LogP contribution is 2.24. The zero-order valence-corrected chi connectivity index (χ0v) is 15.4. The van der Waals surface area contributed by atoms with Crippen LogP contribution in [0.2, 0.25) is 0 Å². The molecule has 1 amide bonds. The summed E-state index contributed by atoms with van der Waals surface area (Å²) in [6.07, 6.45) is 7.16. The maximum absolute atomic E-state index is 12.0. The Labute approximate surface area is 148 Å². The Kier molecular flexibility index (Phi) is 12.4. The number of hydrogen-bond donors (Lipinski definition) is 2. The number of halogens is 2. The summed E-state index contributed by atoms with van der Waals surface area (Å²) in [6.45, 7) is 8.73. The average molecular weight is 354 g/mol. The van der Waals surface area contributed by atoms with Gasteiger partial charge in [0.15, 0.2) is 0 Å². The molecule has 6 heteroatoms. The maximum Gasteiger partial charge on any atom is 0.220 e. The van der Waals surface area contributed by atoms with E-state index < -0.39 is 0 Å². The SMILES string of the molecule is CC(CC(=O)NCCN1CCCCC1)C1CCNCC1.Cl.Cl. The summed E-state index contributed by atoms with van der Waals surface area (Å²) < 4.78 is 0. The van der Waals surface area contributed by atoms with Gasteiger partial charge in [-0.1, -0.05) is 13.3 Å². The van der Waals surface area contributed by atoms with Crippen molar-refractivity contribution in [3.63, 3.8) is 0 Å². The monoisotopic (exact) mass is 353 g/mol. The number of carbonyl (C=O) groups is 1. The summed E-state index contributed by atoms with van der Waals surface area (Å²) in [4.78, 5) is 14.5. The van der Waals surface area contributed by atoms with Gasteiger partial charge in [-0.15, -0.1) is 24.8 Å². The second kappa shape index (κ2) is 12.4. The highest BCUT2D eigenvalue weighted by atomic mass is 35.5. The fourth-order valence-electron chi connectivity index (χ4n) is 3.48. The van der Waals surface area contributed by atoms with Crippen LogP contribution >= 0.6 is 24.8 Å². The quantitative estimate of drug-likeness (QED) is 0.770. The standard InChI is InChI=1S/C16H31N3O.2ClH/c1-14(15-5-7-17-8-6-15)13-16(20)18-9-12-19-10-3-2-4-11-19;;/h14-15,17H,2-13H2,1H3,(H,18,20);2*1H. The van der Waals surface area contributed by atoms with Gasteiger partial charge in [0.2, 0.25) is 5.91 Å². The molecule has 0 radical (unpaired) electrons. The molecule has 2 N–H and O–H groups in total. The first-order chi connectivity index (χ1) is 9.75. The van der Waals surface area contributed by atoms with E-state index in [2.05, 4.69) is 22.5 Å². The van der Waals surface area contributed by atoms with Gasteiger partial charge in [-0.3, -0.25) is 4.79 Å². The van der Waals surface area contributed by atoms with E-state index >= 15 is 0 Å². The molecule has 1 unspecified atom stereocenters. The molecule has 0 spiro atoms. The van der Waals surface area contributed by atoms with Crippen LogP contribution in [0.25, 0.3) is 0 Å². The molecule has 2 rings (SSSR count). The molecular formula is C16H33Cl2N3O. The molecule has 2 fully saturated rings. The number of hydrogen-bond acceptors (Lipinski definition) is 3. The molecule has 1 atom stereocenters. The second-order valence-corrected chi connectivity index (χ2v) is 6.52. The molecule has 22 heavy (non-hydrogen) atoms. The summed E-state index contributed by atoms with van der Waals surface area (Å²) in [5.41, 5.74) is 0. The minimum absolute atomic E-state index is 0. The number of likely N-dealkylation sites (tertiary alicyclic amines) is 1. The Hall–Kier alpha value is -0.0300. The molecule has 0 aliphatic carbocycles. The minimum Gasteiger partial charge on any atom is -0.355 e. The average Bonchev–Trinajstić information content (AvgIpc) is 2.49. The van der Waals surface area contributed by atoms with Crippen molar-refractivity contribution in [3.05, 3.63) is 0 Å². The van der Waals surface area contributed by atoms with E-state index in [-0.39, 0.29) is 30.7 Å². The van der Waals surface area contributed by atoms with Crippen molar-refractivity contribution in [2.45, 2.75) is 45.4 Å². The van der Waals surface area contributed by atoms with Crippen molar-refractivity contribution in [3.8, 4) is 0 Å². The summed E-state index contributed by atoms with van der Waals surface area (Å²) in [5.74, 6) is 1.49. The Morgan fingerprint density at radius 1 is 1.18 bits per heavy atom. The van der Waals surface area contributed by atoms with Crippen LogP contribution in [-0.2, 0) is 4.79 Å². The minimum atomic E-state index is 0. The number of carbonyl (C=O) groups excluding carboxylic acids is 1. The number of rotatable bonds is 6. The summed E-state index contributed by atoms with van der Waals surface area (Å²) >= 11 is 0. The zero-order chi connectivity index (χ0) is 14.2. The highest BCUT2D eigenvalue weighted by molar-refractivity contribution is 5.85. The van der Waals surface area contributed by atoms with Crippen molar-refractivity contribution in [2.75, 3.05) is 39.3 Å². The Morgan fingerprint density at radius 2 is 1.82 bits per heavy atom. The van der Waals surface area contributed by atoms with Crippen molar-refractivity contribution in [1.29, 1.82) is 0 Å². The van der Waals surface area contributed by atoms with Crippen LogP contribution in [0.1, 0.15) is 45.4 Å². The highest BCUT2D eigenvalue weighted by Gasteiger charge is 2.21. The van der Waals surface area contributed by atoms with Crippen molar-refractivity contribution in [2.24, 2.45) is 11.8 Å². The Balaban J connectivity index is 0.00000220. The van der Waals surface area contributed by atoms with Crippen LogP contribution in [0.15, 0.2) is 0 Å². The molecule has 0 saturated carbocycles. The van der Waals surface area contributed by atoms with E-state index in [1.807, 2.05) is 0 Å². The molecule has 0 bridgehead atoms. The van der Waals surface area contributed by atoms with Gasteiger partial charge in [0.25, 0.3) is 0 Å². The topological polar surface area (TPSA) is 44.4 Å². The van der Waals surface area contributed by atoms with Crippen LogP contribution in [0.5, 0.6) is 0 Å². The first-order valence-corrected chi connectivity index (χ1v) is 8.45. The number of piperidine rings is 2. The van der Waals surface area contributed by atoms with Crippen molar-refractivity contribution >= 4 is 30.7 Å². The fourth-order valence-corrected chi connectivity index (χ4v) is 3.48. The summed E-state index contributed by atoms with van der Waals surface area (Å²) in [5, 5.41) is 6.49. The van der Waals surface area contributed by atoms with Gasteiger partial charge in [0.1, 0.15) is 0 Å². The first kappa shape index (κ1) is 22.0. The fraction of sp³-hybridized carbons (Fsp3) is 0.938. The molecule has 2 aliphatic rings. The summed E-state index contributed by atoms with van der Waals surface area (Å²) in [6, 6.07) is 0. The number of amides is 1. The van der Waals surface area contributed by atoms with Crippen LogP contribution in [0, 0.1) is 11.8 Å². The lowest BCUT2D eigenvalue weighted by molar-refractivity contribution is -0.122. The molecule has 2 heterocycles. The van der Waals surface area contributed by atoms with E-state index in [0.29, 0.717) is 12.3 Å². The Morgan fingerprint density at radius 3 is 2.45 bits per heavy atom. The molecule has 0 aromatic carbocycles. The van der Waals surface area contributed by atoms with Gasteiger partial charge in [-0.25, -0.2) is 0 Å². The molecule has 0 aromatic rings. The van der Waals surface area contributed by atoms with E-state index in [4.69, 9.17) is 0 Å². The third-order valence-electron chi connectivity index (χ3n) is 4.89. The van der Waals surface area contributed by atoms with E-state index in [1.54, 1.807) is 0 Å². The van der Waals surface area contributed by atoms with E-state index in [9.17, 15) is 4.79 Å². The lowest BCUT2D eigenvalue weighted by Crippen LogP contribution is -2.38. The maximum atomic E-state index is 12.0. The molecule has 0 aromatic heterocycles. The van der Waals surface area contributed by atoms with Gasteiger partial charge in [0.05, 0.1) is 0 Å². The number of nitrogens with one attached hydrogen (secondary N) is 2. The molecular weight excluding hydrogens is 321 g/mol. The molecule has 2 saturated heterocycles. The smallest absolute Gasteiger partial charge is 0.220 e. The van der Waals surface area contributed by atoms with Crippen LogP contribution in [0.4, 0.5) is 0 Å². The van der Waals surface area contributed by atoms with Gasteiger partial charge in [-0.2, -0.15) is 0 Å². The zero-order valence-electron chi connectivity index (χ0n) is 13.8. The van der Waals surface area contributed by atoms with Gasteiger partial charge in [-0.05, 0) is 63.7 Å². The van der Waals surface area contributed by atoms with Crippen LogP contribution in [0.3, 0.4) is 0 Å². The predicted molar refractivity (Wildman–Crippen MR) is 97.2 cm³/mol.